The summed E-state index contributed by atoms with van der Waals surface area (Å²) < 4.78 is 25.7. The van der Waals surface area contributed by atoms with E-state index in [0.717, 1.165) is 12.8 Å². The second kappa shape index (κ2) is 5.24. The maximum absolute atomic E-state index is 12.4. The monoisotopic (exact) mass is 262 g/mol. The van der Waals surface area contributed by atoms with Crippen LogP contribution in [-0.4, -0.2) is 43.6 Å². The molecule has 0 aromatic rings. The van der Waals surface area contributed by atoms with Gasteiger partial charge in [0.15, 0.2) is 0 Å². The molecule has 1 aliphatic heterocycles. The van der Waals surface area contributed by atoms with E-state index in [2.05, 4.69) is 12.2 Å². The van der Waals surface area contributed by atoms with Gasteiger partial charge in [-0.15, -0.1) is 0 Å². The Balaban J connectivity index is 2.81. The molecule has 1 rings (SSSR count). The van der Waals surface area contributed by atoms with Gasteiger partial charge < -0.3 is 5.32 Å². The van der Waals surface area contributed by atoms with E-state index in [1.54, 1.807) is 25.1 Å². The summed E-state index contributed by atoms with van der Waals surface area (Å²) in [5, 5.41) is 3.22. The second-order valence-corrected chi connectivity index (χ2v) is 8.65. The molecular formula is C12H26N2O2S. The molecule has 1 N–H and O–H groups in total. The number of nitrogens with one attached hydrogen (secondary N) is 1. The van der Waals surface area contributed by atoms with E-state index < -0.39 is 14.8 Å². The van der Waals surface area contributed by atoms with E-state index in [0.29, 0.717) is 25.0 Å². The summed E-state index contributed by atoms with van der Waals surface area (Å²) >= 11 is 0. The lowest BCUT2D eigenvalue weighted by molar-refractivity contribution is 0.225. The van der Waals surface area contributed by atoms with Gasteiger partial charge >= 0.3 is 0 Å². The van der Waals surface area contributed by atoms with Crippen LogP contribution >= 0.6 is 0 Å². The van der Waals surface area contributed by atoms with Crippen molar-refractivity contribution in [2.45, 2.75) is 51.3 Å². The van der Waals surface area contributed by atoms with Crippen molar-refractivity contribution in [3.63, 3.8) is 0 Å². The molecule has 0 spiro atoms. The molecule has 17 heavy (non-hydrogen) atoms. The first-order valence-electron chi connectivity index (χ1n) is 6.37. The Labute approximate surface area is 106 Å². The molecule has 0 radical (unpaired) electrons. The van der Waals surface area contributed by atoms with Crippen molar-refractivity contribution in [3.8, 4) is 0 Å². The standard InChI is InChI=1S/C12H26N2O2S/c1-10(13-5)11-7-6-8-14(9-11)17(15,16)12(2,3)4/h10-11,13H,6-9H2,1-5H3. The summed E-state index contributed by atoms with van der Waals surface area (Å²) in [4.78, 5) is 0. The topological polar surface area (TPSA) is 49.4 Å². The minimum Gasteiger partial charge on any atom is -0.317 e. The molecule has 102 valence electrons. The van der Waals surface area contributed by atoms with Crippen LogP contribution in [0, 0.1) is 5.92 Å². The van der Waals surface area contributed by atoms with Crippen molar-refractivity contribution in [2.24, 2.45) is 5.92 Å². The van der Waals surface area contributed by atoms with Crippen LogP contribution in [0.2, 0.25) is 0 Å². The third-order valence-corrected chi connectivity index (χ3v) is 6.26. The van der Waals surface area contributed by atoms with Crippen LogP contribution in [-0.2, 0) is 10.0 Å². The Kier molecular flexibility index (Phi) is 4.60. The van der Waals surface area contributed by atoms with E-state index in [-0.39, 0.29) is 0 Å². The highest BCUT2D eigenvalue weighted by Crippen LogP contribution is 2.27. The van der Waals surface area contributed by atoms with Crippen molar-refractivity contribution >= 4 is 10.0 Å². The average Bonchev–Trinajstić information content (AvgIpc) is 2.26. The normalized spacial score (nSPS) is 25.8. The lowest BCUT2D eigenvalue weighted by Gasteiger charge is -2.38. The van der Waals surface area contributed by atoms with Gasteiger partial charge in [0.1, 0.15) is 0 Å². The van der Waals surface area contributed by atoms with Crippen LogP contribution in [0.5, 0.6) is 0 Å². The van der Waals surface area contributed by atoms with E-state index in [9.17, 15) is 8.42 Å². The van der Waals surface area contributed by atoms with Crippen molar-refractivity contribution < 1.29 is 8.42 Å². The predicted molar refractivity (Wildman–Crippen MR) is 71.5 cm³/mol. The molecule has 0 aromatic heterocycles. The third kappa shape index (κ3) is 3.20. The van der Waals surface area contributed by atoms with Crippen molar-refractivity contribution in [1.82, 2.24) is 9.62 Å². The third-order valence-electron chi connectivity index (χ3n) is 3.70. The molecule has 0 amide bonds. The van der Waals surface area contributed by atoms with Gasteiger partial charge in [0.2, 0.25) is 10.0 Å². The molecule has 1 aliphatic rings. The van der Waals surface area contributed by atoms with Crippen LogP contribution in [0.3, 0.4) is 0 Å². The highest BCUT2D eigenvalue weighted by atomic mass is 32.2. The quantitative estimate of drug-likeness (QED) is 0.837. The molecular weight excluding hydrogens is 236 g/mol. The van der Waals surface area contributed by atoms with Gasteiger partial charge in [-0.2, -0.15) is 0 Å². The first-order chi connectivity index (χ1) is 7.70. The minimum atomic E-state index is -3.17. The fourth-order valence-corrected chi connectivity index (χ4v) is 3.76. The maximum atomic E-state index is 12.4. The molecule has 0 saturated carbocycles. The highest BCUT2D eigenvalue weighted by molar-refractivity contribution is 7.90. The lowest BCUT2D eigenvalue weighted by Crippen LogP contribution is -2.50. The number of sulfonamides is 1. The molecule has 4 nitrogen and oxygen atoms in total. The molecule has 1 saturated heterocycles. The first kappa shape index (κ1) is 14.9. The SMILES string of the molecule is CNC(C)C1CCCN(S(=O)(=O)C(C)(C)C)C1. The largest absolute Gasteiger partial charge is 0.317 e. The number of nitrogens with zero attached hydrogens (tertiary/aromatic N) is 1. The zero-order valence-electron chi connectivity index (χ0n) is 11.7. The van der Waals surface area contributed by atoms with Gasteiger partial charge in [0, 0.05) is 19.1 Å². The summed E-state index contributed by atoms with van der Waals surface area (Å²) in [6.45, 7) is 8.76. The van der Waals surface area contributed by atoms with Crippen LogP contribution in [0.1, 0.15) is 40.5 Å². The van der Waals surface area contributed by atoms with Gasteiger partial charge in [-0.05, 0) is 53.5 Å². The zero-order chi connectivity index (χ0) is 13.3. The van der Waals surface area contributed by atoms with Crippen LogP contribution in [0.25, 0.3) is 0 Å². The Morgan fingerprint density at radius 3 is 2.41 bits per heavy atom. The second-order valence-electron chi connectivity index (χ2n) is 5.96. The Bertz CT molecular complexity index is 346. The van der Waals surface area contributed by atoms with Gasteiger partial charge in [-0.1, -0.05) is 0 Å². The van der Waals surface area contributed by atoms with Gasteiger partial charge in [0.05, 0.1) is 4.75 Å². The van der Waals surface area contributed by atoms with Crippen molar-refractivity contribution in [3.05, 3.63) is 0 Å². The zero-order valence-corrected chi connectivity index (χ0v) is 12.5. The summed E-state index contributed by atoms with van der Waals surface area (Å²) in [6.07, 6.45) is 2.07. The molecule has 1 heterocycles. The summed E-state index contributed by atoms with van der Waals surface area (Å²) in [5.41, 5.74) is 0. The minimum absolute atomic E-state index is 0.368. The number of piperidine rings is 1. The molecule has 0 aliphatic carbocycles. The Morgan fingerprint density at radius 2 is 1.94 bits per heavy atom. The number of hydrogen-bond acceptors (Lipinski definition) is 3. The fraction of sp³-hybridized carbons (Fsp3) is 1.00. The fourth-order valence-electron chi connectivity index (χ4n) is 2.22. The van der Waals surface area contributed by atoms with Crippen LogP contribution in [0.15, 0.2) is 0 Å². The van der Waals surface area contributed by atoms with E-state index >= 15 is 0 Å². The molecule has 0 aromatic carbocycles. The summed E-state index contributed by atoms with van der Waals surface area (Å²) in [5.74, 6) is 0.422. The molecule has 2 atom stereocenters. The number of rotatable bonds is 3. The van der Waals surface area contributed by atoms with Crippen LogP contribution < -0.4 is 5.32 Å². The van der Waals surface area contributed by atoms with Gasteiger partial charge in [-0.3, -0.25) is 0 Å². The maximum Gasteiger partial charge on any atom is 0.219 e. The Hall–Kier alpha value is -0.130. The Morgan fingerprint density at radius 1 is 1.35 bits per heavy atom. The van der Waals surface area contributed by atoms with E-state index in [1.807, 2.05) is 7.05 Å². The smallest absolute Gasteiger partial charge is 0.219 e. The molecule has 5 heteroatoms. The van der Waals surface area contributed by atoms with Gasteiger partial charge in [-0.25, -0.2) is 12.7 Å². The van der Waals surface area contributed by atoms with E-state index in [4.69, 9.17) is 0 Å². The lowest BCUT2D eigenvalue weighted by atomic mass is 9.93. The van der Waals surface area contributed by atoms with Crippen molar-refractivity contribution in [2.75, 3.05) is 20.1 Å². The summed E-state index contributed by atoms with van der Waals surface area (Å²) in [6, 6.07) is 0.368. The highest BCUT2D eigenvalue weighted by Gasteiger charge is 2.38. The van der Waals surface area contributed by atoms with Crippen molar-refractivity contribution in [1.29, 1.82) is 0 Å². The molecule has 2 unspecified atom stereocenters. The van der Waals surface area contributed by atoms with E-state index in [1.165, 1.54) is 0 Å². The number of hydrogen-bond donors (Lipinski definition) is 1. The average molecular weight is 262 g/mol. The molecule has 0 bridgehead atoms. The first-order valence-corrected chi connectivity index (χ1v) is 7.81. The van der Waals surface area contributed by atoms with Crippen LogP contribution in [0.4, 0.5) is 0 Å². The summed E-state index contributed by atoms with van der Waals surface area (Å²) in [7, 11) is -1.24. The van der Waals surface area contributed by atoms with Gasteiger partial charge in [0.25, 0.3) is 0 Å². The predicted octanol–water partition coefficient (Wildman–Crippen LogP) is 1.43. The molecule has 1 fully saturated rings.